The Hall–Kier alpha value is -2.77. The summed E-state index contributed by atoms with van der Waals surface area (Å²) in [4.78, 5) is 36.1. The molecule has 0 radical (unpaired) electrons. The number of fused-ring (bicyclic) bond motifs is 1. The second-order valence-electron chi connectivity index (χ2n) is 6.60. The molecule has 8 heteroatoms. The number of hydrogen-bond donors (Lipinski definition) is 3. The van der Waals surface area contributed by atoms with Crippen LogP contribution in [0.2, 0.25) is 0 Å². The van der Waals surface area contributed by atoms with Crippen LogP contribution in [0.25, 0.3) is 0 Å². The molecule has 0 spiro atoms. The van der Waals surface area contributed by atoms with E-state index in [4.69, 9.17) is 9.47 Å². The maximum Gasteiger partial charge on any atom is 0.329 e. The molecule has 0 atom stereocenters. The zero-order valence-corrected chi connectivity index (χ0v) is 14.4. The summed E-state index contributed by atoms with van der Waals surface area (Å²) in [7, 11) is 0. The average molecular weight is 362 g/mol. The average Bonchev–Trinajstić information content (AvgIpc) is 2.97. The Morgan fingerprint density at radius 2 is 1.73 bits per heavy atom. The molecule has 26 heavy (non-hydrogen) atoms. The number of carboxylic acids is 1. The smallest absolute Gasteiger partial charge is 0.329 e. The van der Waals surface area contributed by atoms with E-state index in [9.17, 15) is 19.5 Å². The van der Waals surface area contributed by atoms with Crippen LogP contribution in [0, 0.1) is 0 Å². The Kier molecular flexibility index (Phi) is 5.29. The highest BCUT2D eigenvalue weighted by atomic mass is 16.7. The molecule has 1 heterocycles. The third-order valence-corrected chi connectivity index (χ3v) is 4.79. The number of carbonyl (C=O) groups is 3. The second-order valence-corrected chi connectivity index (χ2v) is 6.60. The van der Waals surface area contributed by atoms with Crippen molar-refractivity contribution in [2.45, 2.75) is 44.1 Å². The van der Waals surface area contributed by atoms with E-state index >= 15 is 0 Å². The molecule has 2 amide bonds. The molecule has 1 aromatic rings. The number of benzene rings is 1. The summed E-state index contributed by atoms with van der Waals surface area (Å²) in [5, 5.41) is 14.7. The minimum Gasteiger partial charge on any atom is -0.480 e. The van der Waals surface area contributed by atoms with Crippen molar-refractivity contribution >= 4 is 17.8 Å². The molecule has 0 bridgehead atoms. The quantitative estimate of drug-likeness (QED) is 0.683. The summed E-state index contributed by atoms with van der Waals surface area (Å²) in [5.74, 6) is -0.927. The predicted molar refractivity (Wildman–Crippen MR) is 91.1 cm³/mol. The number of aliphatic carboxylic acids is 1. The summed E-state index contributed by atoms with van der Waals surface area (Å²) in [6.45, 7) is -0.178. The van der Waals surface area contributed by atoms with Crippen LogP contribution in [0.3, 0.4) is 0 Å². The molecule has 8 nitrogen and oxygen atoms in total. The lowest BCUT2D eigenvalue weighted by atomic mass is 9.90. The molecule has 1 aromatic carbocycles. The Morgan fingerprint density at radius 3 is 2.42 bits per heavy atom. The van der Waals surface area contributed by atoms with Gasteiger partial charge in [0.1, 0.15) is 5.54 Å². The molecule has 1 aliphatic carbocycles. The van der Waals surface area contributed by atoms with E-state index in [1.54, 1.807) is 18.2 Å². The van der Waals surface area contributed by atoms with Crippen molar-refractivity contribution in [1.29, 1.82) is 0 Å². The van der Waals surface area contributed by atoms with Crippen LogP contribution in [0.5, 0.6) is 11.5 Å². The standard InChI is InChI=1S/C18H22N2O6/c21-15(20-18(17(23)24)7-3-1-2-4-8-18)10-19-16(22)12-5-6-13-14(9-12)26-11-25-13/h5-6,9H,1-4,7-8,10-11H2,(H,19,22)(H,20,21)(H,23,24). The molecule has 0 unspecified atom stereocenters. The third-order valence-electron chi connectivity index (χ3n) is 4.79. The zero-order chi connectivity index (χ0) is 18.6. The van der Waals surface area contributed by atoms with Gasteiger partial charge in [-0.15, -0.1) is 0 Å². The summed E-state index contributed by atoms with van der Waals surface area (Å²) in [6.07, 6.45) is 4.26. The van der Waals surface area contributed by atoms with Crippen LogP contribution in [0.15, 0.2) is 18.2 Å². The zero-order valence-electron chi connectivity index (χ0n) is 14.4. The molecule has 3 rings (SSSR count). The lowest BCUT2D eigenvalue weighted by molar-refractivity contribution is -0.148. The van der Waals surface area contributed by atoms with E-state index in [1.165, 1.54) is 0 Å². The lowest BCUT2D eigenvalue weighted by Crippen LogP contribution is -2.56. The number of carbonyl (C=O) groups excluding carboxylic acids is 2. The van der Waals surface area contributed by atoms with Gasteiger partial charge in [-0.2, -0.15) is 0 Å². The molecule has 1 saturated carbocycles. The Labute approximate surface area is 150 Å². The number of hydrogen-bond acceptors (Lipinski definition) is 5. The molecular formula is C18H22N2O6. The fourth-order valence-corrected chi connectivity index (χ4v) is 3.34. The molecule has 3 N–H and O–H groups in total. The van der Waals surface area contributed by atoms with Crippen LogP contribution in [-0.2, 0) is 9.59 Å². The van der Waals surface area contributed by atoms with Gasteiger partial charge in [0.25, 0.3) is 5.91 Å². The maximum atomic E-state index is 12.2. The second kappa shape index (κ2) is 7.63. The molecule has 1 fully saturated rings. The van der Waals surface area contributed by atoms with Crippen LogP contribution in [0.4, 0.5) is 0 Å². The van der Waals surface area contributed by atoms with E-state index in [2.05, 4.69) is 10.6 Å². The lowest BCUT2D eigenvalue weighted by Gasteiger charge is -2.29. The third kappa shape index (κ3) is 3.89. The van der Waals surface area contributed by atoms with Gasteiger partial charge in [0.2, 0.25) is 12.7 Å². The van der Waals surface area contributed by atoms with Gasteiger partial charge >= 0.3 is 5.97 Å². The van der Waals surface area contributed by atoms with E-state index in [1.807, 2.05) is 0 Å². The van der Waals surface area contributed by atoms with Crippen LogP contribution in [0.1, 0.15) is 48.9 Å². The highest BCUT2D eigenvalue weighted by Gasteiger charge is 2.39. The highest BCUT2D eigenvalue weighted by Crippen LogP contribution is 2.32. The molecule has 2 aliphatic rings. The number of ether oxygens (including phenoxy) is 2. The first kappa shape index (κ1) is 18.0. The normalized spacial score (nSPS) is 17.8. The first-order valence-corrected chi connectivity index (χ1v) is 8.72. The molecule has 0 saturated heterocycles. The molecular weight excluding hydrogens is 340 g/mol. The van der Waals surface area contributed by atoms with Crippen molar-refractivity contribution in [3.05, 3.63) is 23.8 Å². The molecule has 1 aliphatic heterocycles. The SMILES string of the molecule is O=C(CNC(=O)c1ccc2c(c1)OCO2)NC1(C(=O)O)CCCCCC1. The van der Waals surface area contributed by atoms with Crippen molar-refractivity contribution in [1.82, 2.24) is 10.6 Å². The summed E-state index contributed by atoms with van der Waals surface area (Å²) >= 11 is 0. The van der Waals surface area contributed by atoms with Gasteiger partial charge in [0.05, 0.1) is 6.54 Å². The van der Waals surface area contributed by atoms with E-state index < -0.39 is 23.3 Å². The van der Waals surface area contributed by atoms with Gasteiger partial charge in [-0.25, -0.2) is 4.79 Å². The summed E-state index contributed by atoms with van der Waals surface area (Å²) in [5.41, 5.74) is -0.902. The fraction of sp³-hybridized carbons (Fsp3) is 0.500. The Morgan fingerprint density at radius 1 is 1.04 bits per heavy atom. The number of carboxylic acid groups (broad SMARTS) is 1. The minimum atomic E-state index is -1.24. The van der Waals surface area contributed by atoms with Gasteiger partial charge in [-0.3, -0.25) is 9.59 Å². The fourth-order valence-electron chi connectivity index (χ4n) is 3.34. The van der Waals surface area contributed by atoms with Crippen molar-refractivity contribution in [2.24, 2.45) is 0 Å². The predicted octanol–water partition coefficient (Wildman–Crippen LogP) is 1.44. The summed E-state index contributed by atoms with van der Waals surface area (Å²) in [6, 6.07) is 4.74. The van der Waals surface area contributed by atoms with Crippen LogP contribution in [-0.4, -0.2) is 41.8 Å². The van der Waals surface area contributed by atoms with Crippen molar-refractivity contribution in [2.75, 3.05) is 13.3 Å². The largest absolute Gasteiger partial charge is 0.480 e. The van der Waals surface area contributed by atoms with E-state index in [0.717, 1.165) is 25.7 Å². The first-order valence-electron chi connectivity index (χ1n) is 8.72. The van der Waals surface area contributed by atoms with Crippen molar-refractivity contribution < 1.29 is 29.0 Å². The number of amides is 2. The van der Waals surface area contributed by atoms with Crippen molar-refractivity contribution in [3.8, 4) is 11.5 Å². The van der Waals surface area contributed by atoms with Gasteiger partial charge in [0.15, 0.2) is 11.5 Å². The highest BCUT2D eigenvalue weighted by molar-refractivity contribution is 5.97. The first-order chi connectivity index (χ1) is 12.5. The van der Waals surface area contributed by atoms with Crippen molar-refractivity contribution in [3.63, 3.8) is 0 Å². The minimum absolute atomic E-state index is 0.111. The van der Waals surface area contributed by atoms with Gasteiger partial charge in [-0.1, -0.05) is 25.7 Å². The van der Waals surface area contributed by atoms with Crippen LogP contribution >= 0.6 is 0 Å². The molecule has 140 valence electrons. The summed E-state index contributed by atoms with van der Waals surface area (Å²) < 4.78 is 10.4. The van der Waals surface area contributed by atoms with Gasteiger partial charge < -0.3 is 25.2 Å². The van der Waals surface area contributed by atoms with Gasteiger partial charge in [-0.05, 0) is 31.0 Å². The topological polar surface area (TPSA) is 114 Å². The Bertz CT molecular complexity index is 710. The monoisotopic (exact) mass is 362 g/mol. The Balaban J connectivity index is 1.57. The van der Waals surface area contributed by atoms with E-state index in [0.29, 0.717) is 29.9 Å². The maximum absolute atomic E-state index is 12.2. The van der Waals surface area contributed by atoms with Gasteiger partial charge in [0, 0.05) is 5.56 Å². The molecule has 0 aromatic heterocycles. The number of rotatable bonds is 5. The van der Waals surface area contributed by atoms with E-state index in [-0.39, 0.29) is 13.3 Å². The number of nitrogens with one attached hydrogen (secondary N) is 2. The van der Waals surface area contributed by atoms with Crippen LogP contribution < -0.4 is 20.1 Å².